The molecule has 1 aromatic carbocycles. The molecule has 8 heteroatoms. The predicted molar refractivity (Wildman–Crippen MR) is 137 cm³/mol. The van der Waals surface area contributed by atoms with Crippen LogP contribution in [0.3, 0.4) is 0 Å². The van der Waals surface area contributed by atoms with Crippen molar-refractivity contribution in [2.24, 2.45) is 13.0 Å². The van der Waals surface area contributed by atoms with Gasteiger partial charge in [-0.05, 0) is 62.8 Å². The number of nitriles is 1. The monoisotopic (exact) mass is 475 g/mol. The largest absolute Gasteiger partial charge is 0.344 e. The van der Waals surface area contributed by atoms with Crippen molar-refractivity contribution in [3.63, 3.8) is 0 Å². The van der Waals surface area contributed by atoms with Crippen LogP contribution in [0.15, 0.2) is 47.5 Å². The molecule has 2 saturated carbocycles. The average Bonchev–Trinajstić information content (AvgIpc) is 3.82. The van der Waals surface area contributed by atoms with Crippen molar-refractivity contribution in [1.29, 1.82) is 5.26 Å². The molecule has 2 aliphatic carbocycles. The van der Waals surface area contributed by atoms with E-state index in [0.29, 0.717) is 34.2 Å². The van der Waals surface area contributed by atoms with Gasteiger partial charge in [-0.15, -0.1) is 0 Å². The Morgan fingerprint density at radius 3 is 2.67 bits per heavy atom. The van der Waals surface area contributed by atoms with Gasteiger partial charge in [0.15, 0.2) is 0 Å². The van der Waals surface area contributed by atoms with Gasteiger partial charge in [0.1, 0.15) is 17.4 Å². The third-order valence-corrected chi connectivity index (χ3v) is 7.57. The lowest BCUT2D eigenvalue weighted by Crippen LogP contribution is -2.24. The van der Waals surface area contributed by atoms with Crippen molar-refractivity contribution < 1.29 is 0 Å². The number of rotatable bonds is 5. The van der Waals surface area contributed by atoms with E-state index in [4.69, 9.17) is 10.1 Å². The number of aryl methyl sites for hydroxylation is 2. The SMILES string of the molecule is Cc1nc2ccc(-n3nc4c(C#N)cn(CC5CC5)c4c(-c4ccc(C5CC5)nc4)c3=O)cc2n1C. The molecular formula is C28H25N7O. The highest BCUT2D eigenvalue weighted by Crippen LogP contribution is 2.40. The van der Waals surface area contributed by atoms with Crippen LogP contribution in [-0.4, -0.2) is 28.9 Å². The van der Waals surface area contributed by atoms with Crippen LogP contribution < -0.4 is 5.56 Å². The molecule has 2 fully saturated rings. The molecule has 2 aliphatic rings. The van der Waals surface area contributed by atoms with Gasteiger partial charge in [-0.2, -0.15) is 15.0 Å². The fourth-order valence-electron chi connectivity index (χ4n) is 5.10. The van der Waals surface area contributed by atoms with E-state index in [2.05, 4.69) is 15.6 Å². The summed E-state index contributed by atoms with van der Waals surface area (Å²) in [7, 11) is 1.96. The van der Waals surface area contributed by atoms with Gasteiger partial charge < -0.3 is 9.13 Å². The Kier molecular flexibility index (Phi) is 4.46. The molecule has 4 heterocycles. The van der Waals surface area contributed by atoms with Crippen LogP contribution in [0.2, 0.25) is 0 Å². The first-order valence-corrected chi connectivity index (χ1v) is 12.5. The Morgan fingerprint density at radius 2 is 1.97 bits per heavy atom. The van der Waals surface area contributed by atoms with Crippen molar-refractivity contribution in [2.75, 3.05) is 0 Å². The van der Waals surface area contributed by atoms with Gasteiger partial charge in [-0.25, -0.2) is 4.98 Å². The highest BCUT2D eigenvalue weighted by atomic mass is 16.1. The number of hydrogen-bond donors (Lipinski definition) is 0. The zero-order valence-electron chi connectivity index (χ0n) is 20.3. The summed E-state index contributed by atoms with van der Waals surface area (Å²) >= 11 is 0. The van der Waals surface area contributed by atoms with E-state index in [1.165, 1.54) is 30.4 Å². The molecule has 0 amide bonds. The minimum absolute atomic E-state index is 0.221. The zero-order valence-corrected chi connectivity index (χ0v) is 20.3. The summed E-state index contributed by atoms with van der Waals surface area (Å²) < 4.78 is 5.48. The van der Waals surface area contributed by atoms with Crippen LogP contribution in [0.1, 0.15) is 48.7 Å². The molecule has 0 bridgehead atoms. The van der Waals surface area contributed by atoms with E-state index in [9.17, 15) is 10.1 Å². The standard InChI is InChI=1S/C28H25N7O/c1-16-31-23-10-8-21(11-24(23)33(16)2)35-28(36)25(19-7-9-22(30-13-19)18-5-6-18)27-26(32-35)20(12-29)15-34(27)14-17-3-4-17/h7-11,13,15,17-18H,3-6,14H2,1-2H3. The van der Waals surface area contributed by atoms with Crippen molar-refractivity contribution in [2.45, 2.75) is 45.1 Å². The first kappa shape index (κ1) is 21.1. The number of hydrogen-bond acceptors (Lipinski definition) is 5. The Morgan fingerprint density at radius 1 is 1.14 bits per heavy atom. The smallest absolute Gasteiger partial charge is 0.281 e. The molecule has 0 N–H and O–H groups in total. The van der Waals surface area contributed by atoms with Gasteiger partial charge in [0.25, 0.3) is 5.56 Å². The molecule has 5 aromatic rings. The van der Waals surface area contributed by atoms with E-state index in [-0.39, 0.29) is 5.56 Å². The second-order valence-electron chi connectivity index (χ2n) is 10.2. The predicted octanol–water partition coefficient (Wildman–Crippen LogP) is 4.60. The minimum atomic E-state index is -0.221. The lowest BCUT2D eigenvalue weighted by molar-refractivity contribution is 0.646. The summed E-state index contributed by atoms with van der Waals surface area (Å²) in [6, 6.07) is 12.0. The summed E-state index contributed by atoms with van der Waals surface area (Å²) in [5.74, 6) is 2.00. The second-order valence-corrected chi connectivity index (χ2v) is 10.2. The topological polar surface area (TPSA) is 94.3 Å². The summed E-state index contributed by atoms with van der Waals surface area (Å²) in [6.45, 7) is 2.73. The second kappa shape index (κ2) is 7.62. The van der Waals surface area contributed by atoms with E-state index in [1.807, 2.05) is 61.3 Å². The number of nitrogens with zero attached hydrogens (tertiary/aromatic N) is 7. The molecular weight excluding hydrogens is 450 g/mol. The first-order valence-electron chi connectivity index (χ1n) is 12.5. The summed E-state index contributed by atoms with van der Waals surface area (Å²) in [5, 5.41) is 14.7. The van der Waals surface area contributed by atoms with Crippen molar-refractivity contribution >= 4 is 22.1 Å². The Labute approximate surface area is 207 Å². The van der Waals surface area contributed by atoms with Crippen molar-refractivity contribution in [3.05, 3.63) is 70.2 Å². The number of imidazole rings is 1. The molecule has 4 aromatic heterocycles. The van der Waals surface area contributed by atoms with Gasteiger partial charge in [-0.1, -0.05) is 6.07 Å². The van der Waals surface area contributed by atoms with Crippen molar-refractivity contribution in [3.8, 4) is 22.9 Å². The summed E-state index contributed by atoms with van der Waals surface area (Å²) in [5.41, 5.74) is 6.30. The first-order chi connectivity index (χ1) is 17.5. The molecule has 0 unspecified atom stereocenters. The Hall–Kier alpha value is -4.25. The fourth-order valence-corrected chi connectivity index (χ4v) is 5.10. The lowest BCUT2D eigenvalue weighted by Gasteiger charge is -2.13. The van der Waals surface area contributed by atoms with Gasteiger partial charge in [0, 0.05) is 43.2 Å². The maximum atomic E-state index is 14.1. The van der Waals surface area contributed by atoms with Gasteiger partial charge in [-0.3, -0.25) is 9.78 Å². The van der Waals surface area contributed by atoms with Crippen LogP contribution in [0, 0.1) is 24.2 Å². The Balaban J connectivity index is 1.51. The van der Waals surface area contributed by atoms with Crippen LogP contribution in [0.5, 0.6) is 0 Å². The third kappa shape index (κ3) is 3.27. The third-order valence-electron chi connectivity index (χ3n) is 7.57. The maximum Gasteiger partial charge on any atom is 0.281 e. The molecule has 0 saturated heterocycles. The van der Waals surface area contributed by atoms with E-state index in [0.717, 1.165) is 40.2 Å². The maximum absolute atomic E-state index is 14.1. The number of benzene rings is 1. The number of fused-ring (bicyclic) bond motifs is 2. The minimum Gasteiger partial charge on any atom is -0.344 e. The zero-order chi connectivity index (χ0) is 24.6. The quantitative estimate of drug-likeness (QED) is 0.370. The van der Waals surface area contributed by atoms with Crippen LogP contribution in [0.25, 0.3) is 38.9 Å². The molecule has 0 radical (unpaired) electrons. The Bertz CT molecular complexity index is 1770. The average molecular weight is 476 g/mol. The van der Waals surface area contributed by atoms with Gasteiger partial charge in [0.05, 0.1) is 33.4 Å². The van der Waals surface area contributed by atoms with E-state index < -0.39 is 0 Å². The van der Waals surface area contributed by atoms with E-state index in [1.54, 1.807) is 0 Å². The molecule has 0 aliphatic heterocycles. The molecule has 0 atom stereocenters. The fraction of sp³-hybridized carbons (Fsp3) is 0.321. The van der Waals surface area contributed by atoms with Crippen LogP contribution in [-0.2, 0) is 13.6 Å². The number of pyridine rings is 1. The molecule has 36 heavy (non-hydrogen) atoms. The van der Waals surface area contributed by atoms with E-state index >= 15 is 0 Å². The summed E-state index contributed by atoms with van der Waals surface area (Å²) in [4.78, 5) is 23.4. The highest BCUT2D eigenvalue weighted by molar-refractivity contribution is 5.95. The molecule has 178 valence electrons. The van der Waals surface area contributed by atoms with Gasteiger partial charge >= 0.3 is 0 Å². The summed E-state index contributed by atoms with van der Waals surface area (Å²) in [6.07, 6.45) is 8.34. The van der Waals surface area contributed by atoms with Crippen LogP contribution >= 0.6 is 0 Å². The number of aromatic nitrogens is 6. The van der Waals surface area contributed by atoms with Gasteiger partial charge in [0.2, 0.25) is 0 Å². The highest BCUT2D eigenvalue weighted by Gasteiger charge is 2.28. The normalized spacial score (nSPS) is 15.6. The van der Waals surface area contributed by atoms with Crippen molar-refractivity contribution in [1.82, 2.24) is 28.9 Å². The molecule has 0 spiro atoms. The molecule has 7 rings (SSSR count). The van der Waals surface area contributed by atoms with Crippen LogP contribution in [0.4, 0.5) is 0 Å². The molecule has 8 nitrogen and oxygen atoms in total. The lowest BCUT2D eigenvalue weighted by atomic mass is 10.1.